The first kappa shape index (κ1) is 33.2. The van der Waals surface area contributed by atoms with Gasteiger partial charge in [0, 0.05) is 57.3 Å². The van der Waals surface area contributed by atoms with Crippen LogP contribution in [0.5, 0.6) is 11.5 Å². The van der Waals surface area contributed by atoms with Crippen molar-refractivity contribution in [1.29, 1.82) is 0 Å². The number of hydrogen-bond acceptors (Lipinski definition) is 8. The maximum absolute atomic E-state index is 13.8. The van der Waals surface area contributed by atoms with Crippen LogP contribution < -0.4 is 9.47 Å². The molecule has 2 atom stereocenters. The van der Waals surface area contributed by atoms with Crippen molar-refractivity contribution in [3.63, 3.8) is 0 Å². The zero-order valence-corrected chi connectivity index (χ0v) is 27.1. The number of benzene rings is 2. The van der Waals surface area contributed by atoms with Crippen molar-refractivity contribution in [2.24, 2.45) is 5.92 Å². The van der Waals surface area contributed by atoms with E-state index in [0.717, 1.165) is 24.2 Å². The summed E-state index contributed by atoms with van der Waals surface area (Å²) in [7, 11) is 3.40. The second kappa shape index (κ2) is 15.0. The second-order valence-corrected chi connectivity index (χ2v) is 13.1. The van der Waals surface area contributed by atoms with E-state index < -0.39 is 24.1 Å². The predicted octanol–water partition coefficient (Wildman–Crippen LogP) is 6.88. The molecule has 2 heterocycles. The van der Waals surface area contributed by atoms with Crippen LogP contribution in [-0.4, -0.2) is 71.6 Å². The highest BCUT2D eigenvalue weighted by molar-refractivity contribution is 8.00. The van der Waals surface area contributed by atoms with Crippen LogP contribution in [-0.2, 0) is 22.5 Å². The Morgan fingerprint density at radius 3 is 2.42 bits per heavy atom. The van der Waals surface area contributed by atoms with E-state index >= 15 is 0 Å². The van der Waals surface area contributed by atoms with E-state index in [-0.39, 0.29) is 23.8 Å². The number of thioether (sulfide) groups is 1. The standard InChI is InChI=1S/C32H33Cl2F2N3O5S/c1-38(2)29(40)21-7-5-19(6-8-21)17-39-11-12-45-30(39)31(41)43-27(14-23-24(33)15-37-16-25(23)34)22-9-10-26(44-32(35)36)28(13-22)42-18-20-3-4-20/h5-10,13,15-16,20,27,30,32H,3-4,11-12,14,17-18H2,1-2H3/t27-,30+/m0/s1. The van der Waals surface area contributed by atoms with Crippen molar-refractivity contribution in [1.82, 2.24) is 14.8 Å². The summed E-state index contributed by atoms with van der Waals surface area (Å²) >= 11 is 14.4. The highest BCUT2D eigenvalue weighted by atomic mass is 35.5. The third-order valence-electron chi connectivity index (χ3n) is 7.51. The molecule has 1 saturated carbocycles. The zero-order valence-electron chi connectivity index (χ0n) is 24.8. The minimum absolute atomic E-state index is 0.0879. The molecule has 0 bridgehead atoms. The second-order valence-electron chi connectivity index (χ2n) is 11.1. The van der Waals surface area contributed by atoms with Gasteiger partial charge in [0.25, 0.3) is 5.91 Å². The van der Waals surface area contributed by atoms with Gasteiger partial charge in [0.15, 0.2) is 16.9 Å². The fourth-order valence-corrected chi connectivity index (χ4v) is 6.56. The van der Waals surface area contributed by atoms with E-state index in [0.29, 0.717) is 52.3 Å². The first-order valence-corrected chi connectivity index (χ1v) is 16.3. The maximum Gasteiger partial charge on any atom is 0.387 e. The average molecular weight is 681 g/mol. The van der Waals surface area contributed by atoms with Crippen LogP contribution in [0.25, 0.3) is 0 Å². The van der Waals surface area contributed by atoms with Crippen LogP contribution in [0.15, 0.2) is 54.9 Å². The summed E-state index contributed by atoms with van der Waals surface area (Å²) in [5, 5.41) is 0.0185. The molecule has 2 fully saturated rings. The molecular formula is C32H33Cl2F2N3O5S. The van der Waals surface area contributed by atoms with Gasteiger partial charge in [-0.1, -0.05) is 41.4 Å². The van der Waals surface area contributed by atoms with Crippen molar-refractivity contribution < 1.29 is 32.6 Å². The topological polar surface area (TPSA) is 81.2 Å². The van der Waals surface area contributed by atoms with E-state index in [4.69, 9.17) is 37.4 Å². The lowest BCUT2D eigenvalue weighted by atomic mass is 10.0. The zero-order chi connectivity index (χ0) is 32.1. The van der Waals surface area contributed by atoms with Crippen LogP contribution in [0.1, 0.15) is 46.0 Å². The lowest BCUT2D eigenvalue weighted by molar-refractivity contribution is -0.152. The Morgan fingerprint density at radius 2 is 1.78 bits per heavy atom. The van der Waals surface area contributed by atoms with Gasteiger partial charge in [0.1, 0.15) is 6.10 Å². The van der Waals surface area contributed by atoms with Gasteiger partial charge in [0.05, 0.1) is 16.7 Å². The van der Waals surface area contributed by atoms with Crippen LogP contribution in [0.4, 0.5) is 8.78 Å². The highest BCUT2D eigenvalue weighted by Gasteiger charge is 2.35. The molecule has 0 N–H and O–H groups in total. The molecule has 0 spiro atoms. The molecule has 240 valence electrons. The molecule has 3 aromatic rings. The third-order valence-corrected chi connectivity index (χ3v) is 9.38. The molecule has 5 rings (SSSR count). The Morgan fingerprint density at radius 1 is 1.07 bits per heavy atom. The van der Waals surface area contributed by atoms with Gasteiger partial charge in [-0.05, 0) is 59.7 Å². The summed E-state index contributed by atoms with van der Waals surface area (Å²) in [5.74, 6) is 0.580. The lowest BCUT2D eigenvalue weighted by Gasteiger charge is -2.26. The summed E-state index contributed by atoms with van der Waals surface area (Å²) in [6.07, 6.45) is 4.17. The van der Waals surface area contributed by atoms with E-state index in [1.807, 2.05) is 17.0 Å². The molecule has 2 aromatic carbocycles. The van der Waals surface area contributed by atoms with Crippen molar-refractivity contribution >= 4 is 46.8 Å². The van der Waals surface area contributed by atoms with E-state index in [1.165, 1.54) is 35.1 Å². The molecule has 8 nitrogen and oxygen atoms in total. The van der Waals surface area contributed by atoms with Gasteiger partial charge in [0.2, 0.25) is 0 Å². The molecule has 13 heteroatoms. The molecular weight excluding hydrogens is 647 g/mol. The lowest BCUT2D eigenvalue weighted by Crippen LogP contribution is -2.36. The first-order chi connectivity index (χ1) is 21.6. The summed E-state index contributed by atoms with van der Waals surface area (Å²) in [6, 6.07) is 11.8. The molecule has 1 amide bonds. The molecule has 45 heavy (non-hydrogen) atoms. The number of ether oxygens (including phenoxy) is 3. The van der Waals surface area contributed by atoms with Gasteiger partial charge >= 0.3 is 12.6 Å². The number of carbonyl (C=O) groups is 2. The molecule has 0 radical (unpaired) electrons. The summed E-state index contributed by atoms with van der Waals surface area (Å²) in [4.78, 5) is 33.6. The number of carbonyl (C=O) groups excluding carboxylic acids is 2. The van der Waals surface area contributed by atoms with Crippen molar-refractivity contribution in [3.8, 4) is 11.5 Å². The number of nitrogens with zero attached hydrogens (tertiary/aromatic N) is 3. The van der Waals surface area contributed by atoms with Gasteiger partial charge in [-0.2, -0.15) is 8.78 Å². The normalized spacial score (nSPS) is 17.3. The van der Waals surface area contributed by atoms with Crippen LogP contribution >= 0.6 is 35.0 Å². The minimum atomic E-state index is -3.03. The van der Waals surface area contributed by atoms with Gasteiger partial charge in [-0.15, -0.1) is 11.8 Å². The number of aromatic nitrogens is 1. The van der Waals surface area contributed by atoms with Crippen molar-refractivity contribution in [2.45, 2.75) is 43.9 Å². The Kier molecular flexibility index (Phi) is 11.1. The number of alkyl halides is 2. The molecule has 1 saturated heterocycles. The Labute approximate surface area is 274 Å². The van der Waals surface area contributed by atoms with E-state index in [1.54, 1.807) is 38.4 Å². The van der Waals surface area contributed by atoms with Crippen LogP contribution in [0.2, 0.25) is 10.0 Å². The smallest absolute Gasteiger partial charge is 0.387 e. The third kappa shape index (κ3) is 8.78. The number of esters is 1. The molecule has 2 aliphatic rings. The molecule has 1 aliphatic heterocycles. The SMILES string of the molecule is CN(C)C(=O)c1ccc(CN2CCS[C@@H]2C(=O)O[C@@H](Cc2c(Cl)cncc2Cl)c2ccc(OC(F)F)c(OCC3CC3)c2)cc1. The van der Waals surface area contributed by atoms with Crippen molar-refractivity contribution in [3.05, 3.63) is 87.2 Å². The van der Waals surface area contributed by atoms with Crippen molar-refractivity contribution in [2.75, 3.05) is 33.0 Å². The summed E-state index contributed by atoms with van der Waals surface area (Å²) in [5.41, 5.74) is 2.57. The van der Waals surface area contributed by atoms with Crippen LogP contribution in [0.3, 0.4) is 0 Å². The number of rotatable bonds is 13. The molecule has 0 unspecified atom stereocenters. The van der Waals surface area contributed by atoms with E-state index in [2.05, 4.69) is 4.98 Å². The Hall–Kier alpha value is -3.12. The summed E-state index contributed by atoms with van der Waals surface area (Å²) < 4.78 is 43.1. The highest BCUT2D eigenvalue weighted by Crippen LogP contribution is 2.39. The average Bonchev–Trinajstić information content (AvgIpc) is 3.73. The minimum Gasteiger partial charge on any atom is -0.489 e. The fraction of sp³-hybridized carbons (Fsp3) is 0.406. The fourth-order valence-electron chi connectivity index (χ4n) is 4.90. The Balaban J connectivity index is 1.38. The quantitative estimate of drug-likeness (QED) is 0.181. The van der Waals surface area contributed by atoms with Gasteiger partial charge in [-0.3, -0.25) is 14.7 Å². The van der Waals surface area contributed by atoms with E-state index in [9.17, 15) is 18.4 Å². The van der Waals surface area contributed by atoms with Gasteiger partial charge < -0.3 is 19.1 Å². The monoisotopic (exact) mass is 679 g/mol. The number of amides is 1. The molecule has 1 aliphatic carbocycles. The largest absolute Gasteiger partial charge is 0.489 e. The molecule has 1 aromatic heterocycles. The predicted molar refractivity (Wildman–Crippen MR) is 169 cm³/mol. The first-order valence-electron chi connectivity index (χ1n) is 14.4. The number of halogens is 4. The van der Waals surface area contributed by atoms with Crippen LogP contribution in [0, 0.1) is 5.92 Å². The summed E-state index contributed by atoms with van der Waals surface area (Å²) in [6.45, 7) is -1.52. The number of pyridine rings is 1. The maximum atomic E-state index is 13.8. The van der Waals surface area contributed by atoms with Gasteiger partial charge in [-0.25, -0.2) is 4.79 Å². The number of hydrogen-bond donors (Lipinski definition) is 0. The Bertz CT molecular complexity index is 1490.